The molecule has 3 unspecified atom stereocenters. The Kier molecular flexibility index (Phi) is 12.0. The van der Waals surface area contributed by atoms with Crippen LogP contribution in [0, 0.1) is 23.7 Å². The van der Waals surface area contributed by atoms with Gasteiger partial charge in [-0.05, 0) is 83.5 Å². The van der Waals surface area contributed by atoms with Crippen molar-refractivity contribution in [2.24, 2.45) is 23.7 Å². The Hall–Kier alpha value is -1.66. The van der Waals surface area contributed by atoms with Gasteiger partial charge in [0, 0.05) is 18.1 Å². The molecule has 1 heterocycles. The van der Waals surface area contributed by atoms with Gasteiger partial charge in [0.2, 0.25) is 0 Å². The fourth-order valence-corrected chi connectivity index (χ4v) is 5.24. The van der Waals surface area contributed by atoms with Crippen LogP contribution in [-0.4, -0.2) is 48.6 Å². The van der Waals surface area contributed by atoms with Gasteiger partial charge >= 0.3 is 11.9 Å². The summed E-state index contributed by atoms with van der Waals surface area (Å²) in [4.78, 5) is 24.4. The molecule has 0 aromatic carbocycles. The van der Waals surface area contributed by atoms with Gasteiger partial charge < -0.3 is 19.3 Å². The van der Waals surface area contributed by atoms with Crippen LogP contribution < -0.4 is 0 Å². The van der Waals surface area contributed by atoms with Crippen LogP contribution in [0.15, 0.2) is 24.3 Å². The Morgan fingerprint density at radius 1 is 1.00 bits per heavy atom. The number of esters is 2. The van der Waals surface area contributed by atoms with Crippen LogP contribution in [0.1, 0.15) is 91.9 Å². The molecule has 2 rings (SSSR count). The number of carbonyl (C=O) groups is 2. The maximum atomic E-state index is 12.4. The van der Waals surface area contributed by atoms with Crippen molar-refractivity contribution in [3.63, 3.8) is 0 Å². The summed E-state index contributed by atoms with van der Waals surface area (Å²) < 4.78 is 17.3. The molecule has 6 heteroatoms. The third-order valence-electron chi connectivity index (χ3n) is 7.82. The van der Waals surface area contributed by atoms with E-state index in [1.165, 1.54) is 46.0 Å². The Labute approximate surface area is 212 Å². The highest BCUT2D eigenvalue weighted by molar-refractivity contribution is 5.89. The summed E-state index contributed by atoms with van der Waals surface area (Å²) in [7, 11) is 0. The fourth-order valence-electron chi connectivity index (χ4n) is 5.24. The molecule has 1 aliphatic heterocycles. The molecule has 1 saturated heterocycles. The predicted octanol–water partition coefficient (Wildman–Crippen LogP) is 5.77. The largest absolute Gasteiger partial charge is 0.462 e. The number of unbranched alkanes of at least 4 members (excludes halogenated alkanes) is 2. The number of ether oxygens (including phenoxy) is 3. The van der Waals surface area contributed by atoms with E-state index in [-0.39, 0.29) is 30.6 Å². The summed E-state index contributed by atoms with van der Waals surface area (Å²) in [6.45, 7) is 15.4. The van der Waals surface area contributed by atoms with E-state index in [2.05, 4.69) is 20.1 Å². The zero-order chi connectivity index (χ0) is 26.0. The molecule has 2 fully saturated rings. The lowest BCUT2D eigenvalue weighted by atomic mass is 9.73. The van der Waals surface area contributed by atoms with E-state index in [4.69, 9.17) is 14.2 Å². The van der Waals surface area contributed by atoms with Crippen molar-refractivity contribution >= 4 is 11.9 Å². The zero-order valence-electron chi connectivity index (χ0n) is 22.5. The summed E-state index contributed by atoms with van der Waals surface area (Å²) in [5.74, 6) is 0.422. The van der Waals surface area contributed by atoms with Crippen molar-refractivity contribution in [1.82, 2.24) is 0 Å². The quantitative estimate of drug-likeness (QED) is 0.200. The molecule has 0 bridgehead atoms. The fraction of sp³-hybridized carbons (Fsp3) is 0.793. The standard InChI is InChI=1S/C29H48O6/c1-7-8-9-10-22-11-16-26(33-17-22)24-14-12-23(13-15-24)25(18-34-27(30)20(2)3)19-35-28(31)21(4)29(5,6)32/h22-26,32H,2,4,7-19H2,1,3,5-6H3. The van der Waals surface area contributed by atoms with Crippen molar-refractivity contribution in [2.75, 3.05) is 19.8 Å². The molecule has 1 N–H and O–H groups in total. The molecule has 200 valence electrons. The number of hydrogen-bond acceptors (Lipinski definition) is 6. The molecule has 0 aromatic heterocycles. The minimum absolute atomic E-state index is 0.0151. The molecule has 35 heavy (non-hydrogen) atoms. The highest BCUT2D eigenvalue weighted by Crippen LogP contribution is 2.39. The summed E-state index contributed by atoms with van der Waals surface area (Å²) >= 11 is 0. The molecule has 2 aliphatic rings. The smallest absolute Gasteiger partial charge is 0.336 e. The first-order chi connectivity index (χ1) is 16.5. The van der Waals surface area contributed by atoms with E-state index in [0.717, 1.165) is 44.6 Å². The van der Waals surface area contributed by atoms with E-state index >= 15 is 0 Å². The average molecular weight is 493 g/mol. The normalized spacial score (nSPS) is 26.0. The topological polar surface area (TPSA) is 82.1 Å². The lowest BCUT2D eigenvalue weighted by molar-refractivity contribution is -0.147. The van der Waals surface area contributed by atoms with Crippen molar-refractivity contribution in [1.29, 1.82) is 0 Å². The number of hydrogen-bond donors (Lipinski definition) is 1. The van der Waals surface area contributed by atoms with Gasteiger partial charge in [0.05, 0.1) is 30.5 Å². The van der Waals surface area contributed by atoms with Gasteiger partial charge in [0.25, 0.3) is 0 Å². The molecule has 1 saturated carbocycles. The Bertz CT molecular complexity index is 705. The van der Waals surface area contributed by atoms with Gasteiger partial charge in [-0.1, -0.05) is 39.3 Å². The van der Waals surface area contributed by atoms with Crippen LogP contribution in [0.25, 0.3) is 0 Å². The van der Waals surface area contributed by atoms with E-state index < -0.39 is 17.5 Å². The molecule has 3 atom stereocenters. The van der Waals surface area contributed by atoms with E-state index in [1.54, 1.807) is 6.92 Å². The molecule has 0 amide bonds. The minimum Gasteiger partial charge on any atom is -0.462 e. The number of rotatable bonds is 13. The van der Waals surface area contributed by atoms with Crippen LogP contribution >= 0.6 is 0 Å². The highest BCUT2D eigenvalue weighted by atomic mass is 16.5. The van der Waals surface area contributed by atoms with Crippen LogP contribution in [0.4, 0.5) is 0 Å². The second kappa shape index (κ2) is 14.2. The van der Waals surface area contributed by atoms with Gasteiger partial charge in [-0.25, -0.2) is 9.59 Å². The van der Waals surface area contributed by atoms with E-state index in [0.29, 0.717) is 17.6 Å². The van der Waals surface area contributed by atoms with Gasteiger partial charge in [0.1, 0.15) is 0 Å². The van der Waals surface area contributed by atoms with E-state index in [9.17, 15) is 14.7 Å². The van der Waals surface area contributed by atoms with Gasteiger partial charge in [-0.2, -0.15) is 0 Å². The monoisotopic (exact) mass is 492 g/mol. The van der Waals surface area contributed by atoms with Crippen molar-refractivity contribution < 1.29 is 28.9 Å². The van der Waals surface area contributed by atoms with Crippen molar-refractivity contribution in [2.45, 2.75) is 104 Å². The van der Waals surface area contributed by atoms with Gasteiger partial charge in [-0.15, -0.1) is 0 Å². The summed E-state index contributed by atoms with van der Waals surface area (Å²) in [6.07, 6.45) is 12.1. The number of carbonyl (C=O) groups excluding carboxylic acids is 2. The first-order valence-electron chi connectivity index (χ1n) is 13.6. The van der Waals surface area contributed by atoms with Gasteiger partial charge in [0.15, 0.2) is 0 Å². The second-order valence-electron chi connectivity index (χ2n) is 11.3. The summed E-state index contributed by atoms with van der Waals surface area (Å²) in [5, 5.41) is 10.0. The highest BCUT2D eigenvalue weighted by Gasteiger charge is 2.35. The van der Waals surface area contributed by atoms with E-state index in [1.807, 2.05) is 0 Å². The predicted molar refractivity (Wildman–Crippen MR) is 138 cm³/mol. The van der Waals surface area contributed by atoms with Crippen LogP contribution in [0.3, 0.4) is 0 Å². The molecule has 6 nitrogen and oxygen atoms in total. The maximum Gasteiger partial charge on any atom is 0.336 e. The Balaban J connectivity index is 1.87. The first kappa shape index (κ1) is 29.6. The second-order valence-corrected chi connectivity index (χ2v) is 11.3. The molecule has 0 aromatic rings. The van der Waals surface area contributed by atoms with Crippen molar-refractivity contribution in [3.05, 3.63) is 24.3 Å². The molecule has 0 radical (unpaired) electrons. The molecular weight excluding hydrogens is 444 g/mol. The Morgan fingerprint density at radius 2 is 1.63 bits per heavy atom. The molecule has 1 aliphatic carbocycles. The van der Waals surface area contributed by atoms with Crippen molar-refractivity contribution in [3.8, 4) is 0 Å². The zero-order valence-corrected chi connectivity index (χ0v) is 22.5. The maximum absolute atomic E-state index is 12.4. The van der Waals surface area contributed by atoms with Crippen LogP contribution in [0.2, 0.25) is 0 Å². The molecular formula is C29H48O6. The van der Waals surface area contributed by atoms with Crippen LogP contribution in [-0.2, 0) is 23.8 Å². The average Bonchev–Trinajstić information content (AvgIpc) is 2.83. The summed E-state index contributed by atoms with van der Waals surface area (Å²) in [5.41, 5.74) is -0.977. The summed E-state index contributed by atoms with van der Waals surface area (Å²) in [6, 6.07) is 0. The third kappa shape index (κ3) is 9.72. The first-order valence-corrected chi connectivity index (χ1v) is 13.6. The Morgan fingerprint density at radius 3 is 2.14 bits per heavy atom. The van der Waals surface area contributed by atoms with Crippen LogP contribution in [0.5, 0.6) is 0 Å². The number of aliphatic hydroxyl groups is 1. The molecule has 0 spiro atoms. The SMILES string of the molecule is C=C(C)C(=O)OCC(COC(=O)C(=C)C(C)(C)O)C1CCC(C2CCC(CCCCC)CO2)CC1. The minimum atomic E-state index is -1.34. The lowest BCUT2D eigenvalue weighted by Gasteiger charge is -2.39. The third-order valence-corrected chi connectivity index (χ3v) is 7.82. The lowest BCUT2D eigenvalue weighted by Crippen LogP contribution is -2.37. The van der Waals surface area contributed by atoms with Gasteiger partial charge in [-0.3, -0.25) is 0 Å².